The normalized spacial score (nSPS) is 11.8. The van der Waals surface area contributed by atoms with Crippen LogP contribution in [-0.4, -0.2) is 19.8 Å². The fraction of sp³-hybridized carbons (Fsp3) is 0.333. The van der Waals surface area contributed by atoms with E-state index >= 15 is 0 Å². The van der Waals surface area contributed by atoms with E-state index in [0.717, 1.165) is 23.7 Å². The highest BCUT2D eigenvalue weighted by molar-refractivity contribution is 5.53. The van der Waals surface area contributed by atoms with Gasteiger partial charge in [-0.15, -0.1) is 0 Å². The Bertz CT molecular complexity index is 596. The van der Waals surface area contributed by atoms with E-state index in [4.69, 9.17) is 9.47 Å². The highest BCUT2D eigenvalue weighted by atomic mass is 16.5. The summed E-state index contributed by atoms with van der Waals surface area (Å²) in [6.07, 6.45) is 0.0428. The standard InChI is InChI=1S/C18H23NO2/c1-13-8-7-9-16(15(13)3)19-12-14(2)21-18-11-6-5-10-17(18)20-4/h5-11,14,19H,12H2,1-4H3/t14-/m1/s1. The van der Waals surface area contributed by atoms with E-state index < -0.39 is 0 Å². The minimum atomic E-state index is 0.0428. The summed E-state index contributed by atoms with van der Waals surface area (Å²) >= 11 is 0. The summed E-state index contributed by atoms with van der Waals surface area (Å²) in [6, 6.07) is 14.0. The first-order chi connectivity index (χ1) is 10.1. The Labute approximate surface area is 126 Å². The molecule has 1 atom stereocenters. The Morgan fingerprint density at radius 2 is 1.71 bits per heavy atom. The molecule has 0 aliphatic carbocycles. The van der Waals surface area contributed by atoms with Crippen LogP contribution < -0.4 is 14.8 Å². The van der Waals surface area contributed by atoms with Gasteiger partial charge in [0.05, 0.1) is 13.7 Å². The molecule has 2 rings (SSSR count). The maximum absolute atomic E-state index is 5.94. The lowest BCUT2D eigenvalue weighted by Gasteiger charge is -2.19. The molecule has 112 valence electrons. The number of hydrogen-bond acceptors (Lipinski definition) is 3. The number of nitrogens with one attached hydrogen (secondary N) is 1. The number of aryl methyl sites for hydroxylation is 1. The average Bonchev–Trinajstić information content (AvgIpc) is 2.49. The van der Waals surface area contributed by atoms with Crippen LogP contribution in [0.25, 0.3) is 0 Å². The van der Waals surface area contributed by atoms with Gasteiger partial charge in [0.1, 0.15) is 6.10 Å². The van der Waals surface area contributed by atoms with Crippen LogP contribution in [-0.2, 0) is 0 Å². The van der Waals surface area contributed by atoms with Gasteiger partial charge in [0, 0.05) is 5.69 Å². The summed E-state index contributed by atoms with van der Waals surface area (Å²) in [6.45, 7) is 7.03. The zero-order valence-electron chi connectivity index (χ0n) is 13.1. The van der Waals surface area contributed by atoms with Crippen LogP contribution in [0.2, 0.25) is 0 Å². The smallest absolute Gasteiger partial charge is 0.161 e. The van der Waals surface area contributed by atoms with Crippen molar-refractivity contribution in [2.45, 2.75) is 26.9 Å². The van der Waals surface area contributed by atoms with Crippen LogP contribution in [0.1, 0.15) is 18.1 Å². The number of para-hydroxylation sites is 2. The van der Waals surface area contributed by atoms with E-state index in [-0.39, 0.29) is 6.10 Å². The molecule has 2 aromatic carbocycles. The molecule has 1 N–H and O–H groups in total. The molecule has 0 fully saturated rings. The number of hydrogen-bond donors (Lipinski definition) is 1. The lowest BCUT2D eigenvalue weighted by Crippen LogP contribution is -2.23. The van der Waals surface area contributed by atoms with Gasteiger partial charge in [-0.05, 0) is 50.1 Å². The second-order valence-corrected chi connectivity index (χ2v) is 5.21. The van der Waals surface area contributed by atoms with Gasteiger partial charge < -0.3 is 14.8 Å². The molecule has 2 aromatic rings. The Kier molecular flexibility index (Phi) is 5.09. The van der Waals surface area contributed by atoms with Crippen LogP contribution in [0.5, 0.6) is 11.5 Å². The molecule has 21 heavy (non-hydrogen) atoms. The van der Waals surface area contributed by atoms with Gasteiger partial charge in [-0.2, -0.15) is 0 Å². The summed E-state index contributed by atoms with van der Waals surface area (Å²) in [5.41, 5.74) is 3.73. The Morgan fingerprint density at radius 1 is 1.00 bits per heavy atom. The predicted octanol–water partition coefficient (Wildman–Crippen LogP) is 4.19. The molecule has 0 aliphatic rings. The number of rotatable bonds is 6. The molecule has 0 aliphatic heterocycles. The van der Waals surface area contributed by atoms with E-state index in [1.165, 1.54) is 11.1 Å². The Hall–Kier alpha value is -2.16. The minimum absolute atomic E-state index is 0.0428. The zero-order chi connectivity index (χ0) is 15.2. The largest absolute Gasteiger partial charge is 0.493 e. The molecule has 0 unspecified atom stereocenters. The zero-order valence-corrected chi connectivity index (χ0v) is 13.1. The molecule has 0 saturated heterocycles. The second-order valence-electron chi connectivity index (χ2n) is 5.21. The van der Waals surface area contributed by atoms with Crippen molar-refractivity contribution in [3.63, 3.8) is 0 Å². The molecule has 0 saturated carbocycles. The first kappa shape index (κ1) is 15.2. The van der Waals surface area contributed by atoms with Crippen LogP contribution in [0, 0.1) is 13.8 Å². The van der Waals surface area contributed by atoms with E-state index in [0.29, 0.717) is 0 Å². The Balaban J connectivity index is 1.96. The average molecular weight is 285 g/mol. The maximum atomic E-state index is 5.94. The highest BCUT2D eigenvalue weighted by Crippen LogP contribution is 2.27. The molecule has 0 bridgehead atoms. The van der Waals surface area contributed by atoms with Gasteiger partial charge in [-0.25, -0.2) is 0 Å². The third-order valence-electron chi connectivity index (χ3n) is 3.58. The van der Waals surface area contributed by atoms with Crippen molar-refractivity contribution >= 4 is 5.69 Å². The fourth-order valence-electron chi connectivity index (χ4n) is 2.17. The fourth-order valence-corrected chi connectivity index (χ4v) is 2.17. The monoisotopic (exact) mass is 285 g/mol. The summed E-state index contributed by atoms with van der Waals surface area (Å²) in [5.74, 6) is 1.53. The second kappa shape index (κ2) is 7.02. The molecule has 0 amide bonds. The molecule has 0 heterocycles. The number of anilines is 1. The topological polar surface area (TPSA) is 30.5 Å². The van der Waals surface area contributed by atoms with Crippen LogP contribution in [0.3, 0.4) is 0 Å². The van der Waals surface area contributed by atoms with Crippen molar-refractivity contribution in [1.82, 2.24) is 0 Å². The van der Waals surface area contributed by atoms with Crippen LogP contribution in [0.15, 0.2) is 42.5 Å². The summed E-state index contributed by atoms with van der Waals surface area (Å²) in [4.78, 5) is 0. The van der Waals surface area contributed by atoms with Gasteiger partial charge in [-0.3, -0.25) is 0 Å². The first-order valence-corrected chi connectivity index (χ1v) is 7.21. The van der Waals surface area contributed by atoms with Crippen molar-refractivity contribution in [3.05, 3.63) is 53.6 Å². The molecule has 3 nitrogen and oxygen atoms in total. The third-order valence-corrected chi connectivity index (χ3v) is 3.58. The number of ether oxygens (including phenoxy) is 2. The van der Waals surface area contributed by atoms with Crippen molar-refractivity contribution in [1.29, 1.82) is 0 Å². The molecular formula is C18H23NO2. The lowest BCUT2D eigenvalue weighted by atomic mass is 10.1. The van der Waals surface area contributed by atoms with Gasteiger partial charge in [0.15, 0.2) is 11.5 Å². The molecule has 0 spiro atoms. The van der Waals surface area contributed by atoms with Crippen LogP contribution in [0.4, 0.5) is 5.69 Å². The van der Waals surface area contributed by atoms with E-state index in [1.54, 1.807) is 7.11 Å². The summed E-state index contributed by atoms with van der Waals surface area (Å²) in [5, 5.41) is 3.45. The van der Waals surface area contributed by atoms with Gasteiger partial charge in [0.25, 0.3) is 0 Å². The summed E-state index contributed by atoms with van der Waals surface area (Å²) in [7, 11) is 1.65. The van der Waals surface area contributed by atoms with Crippen molar-refractivity contribution in [3.8, 4) is 11.5 Å². The van der Waals surface area contributed by atoms with Gasteiger partial charge >= 0.3 is 0 Å². The lowest BCUT2D eigenvalue weighted by molar-refractivity contribution is 0.223. The predicted molar refractivity (Wildman–Crippen MR) is 87.5 cm³/mol. The van der Waals surface area contributed by atoms with E-state index in [1.807, 2.05) is 31.2 Å². The number of benzene rings is 2. The Morgan fingerprint density at radius 3 is 2.43 bits per heavy atom. The minimum Gasteiger partial charge on any atom is -0.493 e. The van der Waals surface area contributed by atoms with E-state index in [9.17, 15) is 0 Å². The van der Waals surface area contributed by atoms with E-state index in [2.05, 4.69) is 37.4 Å². The quantitative estimate of drug-likeness (QED) is 0.863. The van der Waals surface area contributed by atoms with Gasteiger partial charge in [-0.1, -0.05) is 24.3 Å². The third kappa shape index (κ3) is 3.91. The molecular weight excluding hydrogens is 262 g/mol. The molecule has 0 radical (unpaired) electrons. The highest BCUT2D eigenvalue weighted by Gasteiger charge is 2.09. The first-order valence-electron chi connectivity index (χ1n) is 7.21. The van der Waals surface area contributed by atoms with Crippen LogP contribution >= 0.6 is 0 Å². The SMILES string of the molecule is COc1ccccc1O[C@H](C)CNc1cccc(C)c1C. The molecule has 0 aromatic heterocycles. The number of methoxy groups -OCH3 is 1. The van der Waals surface area contributed by atoms with Gasteiger partial charge in [0.2, 0.25) is 0 Å². The maximum Gasteiger partial charge on any atom is 0.161 e. The molecule has 3 heteroatoms. The summed E-state index contributed by atoms with van der Waals surface area (Å²) < 4.78 is 11.2. The van der Waals surface area contributed by atoms with Crippen molar-refractivity contribution < 1.29 is 9.47 Å². The van der Waals surface area contributed by atoms with Crippen molar-refractivity contribution in [2.75, 3.05) is 19.0 Å². The van der Waals surface area contributed by atoms with Crippen molar-refractivity contribution in [2.24, 2.45) is 0 Å².